The second kappa shape index (κ2) is 8.41. The smallest absolute Gasteiger partial charge is 0.315 e. The number of nitrogens with one attached hydrogen (secondary N) is 2. The third-order valence-electron chi connectivity index (χ3n) is 4.16. The van der Waals surface area contributed by atoms with Gasteiger partial charge in [-0.05, 0) is 38.0 Å². The first kappa shape index (κ1) is 16.3. The standard InChI is InChI=1S/C15H30N2O2/c1-13(8-7-11-18)17-14(19)16-12-15(2)9-5-3-4-6-10-15/h13,18H,3-12H2,1-2H3,(H2,16,17,19). The van der Waals surface area contributed by atoms with Gasteiger partial charge in [0.05, 0.1) is 0 Å². The molecular formula is C15H30N2O2. The molecule has 2 amide bonds. The van der Waals surface area contributed by atoms with Gasteiger partial charge in [0.2, 0.25) is 0 Å². The van der Waals surface area contributed by atoms with Crippen LogP contribution in [0.3, 0.4) is 0 Å². The van der Waals surface area contributed by atoms with Crippen molar-refractivity contribution in [1.29, 1.82) is 0 Å². The summed E-state index contributed by atoms with van der Waals surface area (Å²) < 4.78 is 0. The predicted molar refractivity (Wildman–Crippen MR) is 78.1 cm³/mol. The summed E-state index contributed by atoms with van der Waals surface area (Å²) in [5.41, 5.74) is 0.266. The molecule has 1 aliphatic carbocycles. The lowest BCUT2D eigenvalue weighted by molar-refractivity contribution is 0.219. The fourth-order valence-corrected chi connectivity index (χ4v) is 2.80. The number of hydrogen-bond donors (Lipinski definition) is 3. The molecule has 0 bridgehead atoms. The van der Waals surface area contributed by atoms with Crippen molar-refractivity contribution >= 4 is 6.03 Å². The molecule has 0 radical (unpaired) electrons. The zero-order valence-electron chi connectivity index (χ0n) is 12.5. The average Bonchev–Trinajstić information content (AvgIpc) is 2.59. The third kappa shape index (κ3) is 6.81. The molecule has 4 nitrogen and oxygen atoms in total. The van der Waals surface area contributed by atoms with E-state index >= 15 is 0 Å². The normalized spacial score (nSPS) is 20.4. The number of aliphatic hydroxyl groups is 1. The number of rotatable bonds is 6. The Morgan fingerprint density at radius 3 is 2.47 bits per heavy atom. The van der Waals surface area contributed by atoms with Crippen LogP contribution in [-0.2, 0) is 0 Å². The highest BCUT2D eigenvalue weighted by Crippen LogP contribution is 2.33. The highest BCUT2D eigenvalue weighted by Gasteiger charge is 2.26. The van der Waals surface area contributed by atoms with Gasteiger partial charge in [-0.25, -0.2) is 4.79 Å². The SMILES string of the molecule is CC(CCCO)NC(=O)NCC1(C)CCCCCC1. The molecule has 0 aliphatic heterocycles. The van der Waals surface area contributed by atoms with Crippen LogP contribution in [0, 0.1) is 5.41 Å². The molecule has 0 aromatic heterocycles. The van der Waals surface area contributed by atoms with E-state index in [0.717, 1.165) is 19.4 Å². The van der Waals surface area contributed by atoms with Crippen molar-refractivity contribution in [1.82, 2.24) is 10.6 Å². The zero-order chi connectivity index (χ0) is 14.1. The summed E-state index contributed by atoms with van der Waals surface area (Å²) in [6, 6.07) is 0.0463. The van der Waals surface area contributed by atoms with Gasteiger partial charge in [0, 0.05) is 19.2 Å². The Bertz CT molecular complexity index is 261. The van der Waals surface area contributed by atoms with E-state index in [1.54, 1.807) is 0 Å². The molecule has 0 aromatic carbocycles. The number of carbonyl (C=O) groups is 1. The maximum Gasteiger partial charge on any atom is 0.315 e. The summed E-state index contributed by atoms with van der Waals surface area (Å²) in [6.07, 6.45) is 9.22. The predicted octanol–water partition coefficient (Wildman–Crippen LogP) is 2.81. The lowest BCUT2D eigenvalue weighted by Gasteiger charge is -2.28. The number of amides is 2. The minimum absolute atomic E-state index is 0.0732. The summed E-state index contributed by atoms with van der Waals surface area (Å²) in [5.74, 6) is 0. The van der Waals surface area contributed by atoms with Gasteiger partial charge in [-0.3, -0.25) is 0 Å². The molecule has 0 aromatic rings. The Kier molecular flexibility index (Phi) is 7.21. The van der Waals surface area contributed by atoms with Crippen molar-refractivity contribution in [3.63, 3.8) is 0 Å². The van der Waals surface area contributed by atoms with Crippen LogP contribution in [-0.4, -0.2) is 30.3 Å². The minimum atomic E-state index is -0.0732. The molecular weight excluding hydrogens is 240 g/mol. The average molecular weight is 270 g/mol. The molecule has 1 rings (SSSR count). The Morgan fingerprint density at radius 1 is 1.26 bits per heavy atom. The number of urea groups is 1. The Hall–Kier alpha value is -0.770. The van der Waals surface area contributed by atoms with Gasteiger partial charge in [0.1, 0.15) is 0 Å². The van der Waals surface area contributed by atoms with E-state index in [9.17, 15) is 4.79 Å². The quantitative estimate of drug-likeness (QED) is 0.650. The van der Waals surface area contributed by atoms with Crippen molar-refractivity contribution in [2.24, 2.45) is 5.41 Å². The Labute approximate surface area is 117 Å². The van der Waals surface area contributed by atoms with Gasteiger partial charge in [0.15, 0.2) is 0 Å². The third-order valence-corrected chi connectivity index (χ3v) is 4.16. The first-order valence-corrected chi connectivity index (χ1v) is 7.71. The first-order chi connectivity index (χ1) is 9.06. The van der Waals surface area contributed by atoms with Gasteiger partial charge in [-0.2, -0.15) is 0 Å². The molecule has 3 N–H and O–H groups in total. The summed E-state index contributed by atoms with van der Waals surface area (Å²) >= 11 is 0. The van der Waals surface area contributed by atoms with Crippen molar-refractivity contribution in [3.8, 4) is 0 Å². The van der Waals surface area contributed by atoms with Gasteiger partial charge in [-0.1, -0.05) is 32.6 Å². The van der Waals surface area contributed by atoms with Crippen LogP contribution in [0.15, 0.2) is 0 Å². The van der Waals surface area contributed by atoms with E-state index in [4.69, 9.17) is 5.11 Å². The van der Waals surface area contributed by atoms with E-state index in [0.29, 0.717) is 0 Å². The number of hydrogen-bond acceptors (Lipinski definition) is 2. The molecule has 0 saturated heterocycles. The van der Waals surface area contributed by atoms with Crippen LogP contribution in [0.2, 0.25) is 0 Å². The lowest BCUT2D eigenvalue weighted by Crippen LogP contribution is -2.44. The molecule has 4 heteroatoms. The monoisotopic (exact) mass is 270 g/mol. The van der Waals surface area contributed by atoms with Crippen LogP contribution in [0.4, 0.5) is 4.79 Å². The van der Waals surface area contributed by atoms with Crippen LogP contribution in [0.5, 0.6) is 0 Å². The molecule has 1 unspecified atom stereocenters. The Balaban J connectivity index is 2.24. The first-order valence-electron chi connectivity index (χ1n) is 7.71. The van der Waals surface area contributed by atoms with E-state index in [2.05, 4.69) is 17.6 Å². The molecule has 1 atom stereocenters. The molecule has 112 valence electrons. The van der Waals surface area contributed by atoms with Gasteiger partial charge < -0.3 is 15.7 Å². The molecule has 0 spiro atoms. The molecule has 1 saturated carbocycles. The van der Waals surface area contributed by atoms with Crippen molar-refractivity contribution in [2.75, 3.05) is 13.2 Å². The summed E-state index contributed by atoms with van der Waals surface area (Å²) in [4.78, 5) is 11.8. The van der Waals surface area contributed by atoms with Crippen LogP contribution in [0.25, 0.3) is 0 Å². The lowest BCUT2D eigenvalue weighted by atomic mass is 9.82. The molecule has 1 fully saturated rings. The fourth-order valence-electron chi connectivity index (χ4n) is 2.80. The fraction of sp³-hybridized carbons (Fsp3) is 0.933. The van der Waals surface area contributed by atoms with E-state index in [-0.39, 0.29) is 24.1 Å². The van der Waals surface area contributed by atoms with Crippen molar-refractivity contribution in [3.05, 3.63) is 0 Å². The largest absolute Gasteiger partial charge is 0.396 e. The van der Waals surface area contributed by atoms with E-state index in [1.165, 1.54) is 38.5 Å². The van der Waals surface area contributed by atoms with Crippen molar-refractivity contribution in [2.45, 2.75) is 71.3 Å². The number of carbonyl (C=O) groups excluding carboxylic acids is 1. The maximum atomic E-state index is 11.8. The Morgan fingerprint density at radius 2 is 1.89 bits per heavy atom. The second-order valence-corrected chi connectivity index (χ2v) is 6.32. The molecule has 0 heterocycles. The summed E-state index contributed by atoms with van der Waals surface area (Å²) in [7, 11) is 0. The highest BCUT2D eigenvalue weighted by atomic mass is 16.3. The highest BCUT2D eigenvalue weighted by molar-refractivity contribution is 5.74. The van der Waals surface area contributed by atoms with Gasteiger partial charge in [-0.15, -0.1) is 0 Å². The summed E-state index contributed by atoms with van der Waals surface area (Å²) in [5, 5.41) is 14.7. The maximum absolute atomic E-state index is 11.8. The van der Waals surface area contributed by atoms with Crippen molar-refractivity contribution < 1.29 is 9.90 Å². The second-order valence-electron chi connectivity index (χ2n) is 6.32. The van der Waals surface area contributed by atoms with Crippen LogP contribution >= 0.6 is 0 Å². The van der Waals surface area contributed by atoms with E-state index in [1.807, 2.05) is 6.92 Å². The van der Waals surface area contributed by atoms with Gasteiger partial charge in [0.25, 0.3) is 0 Å². The number of aliphatic hydroxyl groups excluding tert-OH is 1. The van der Waals surface area contributed by atoms with E-state index < -0.39 is 0 Å². The van der Waals surface area contributed by atoms with Crippen LogP contribution in [0.1, 0.15) is 65.2 Å². The summed E-state index contributed by atoms with van der Waals surface area (Å²) in [6.45, 7) is 5.22. The zero-order valence-corrected chi connectivity index (χ0v) is 12.5. The topological polar surface area (TPSA) is 61.4 Å². The van der Waals surface area contributed by atoms with Crippen LogP contribution < -0.4 is 10.6 Å². The molecule has 1 aliphatic rings. The van der Waals surface area contributed by atoms with Gasteiger partial charge >= 0.3 is 6.03 Å². The molecule has 19 heavy (non-hydrogen) atoms. The minimum Gasteiger partial charge on any atom is -0.396 e.